The van der Waals surface area contributed by atoms with Gasteiger partial charge in [-0.15, -0.1) is 0 Å². The molecule has 0 radical (unpaired) electrons. The Balaban J connectivity index is 2.28. The standard InChI is InChI=1S/C17H26ClFN2/c1-4-20-16(17(21(2)3)9-5-6-10-17)12-13-11-14(18)7-8-15(13)19/h7-8,11,16,20H,4-6,9-10,12H2,1-3H3. The minimum atomic E-state index is -0.158. The van der Waals surface area contributed by atoms with Crippen molar-refractivity contribution >= 4 is 11.6 Å². The SMILES string of the molecule is CCNC(Cc1cc(Cl)ccc1F)C1(N(C)C)CCCC1. The van der Waals surface area contributed by atoms with E-state index in [1.807, 2.05) is 0 Å². The summed E-state index contributed by atoms with van der Waals surface area (Å²) in [5, 5.41) is 4.19. The normalized spacial score (nSPS) is 19.1. The van der Waals surface area contributed by atoms with Crippen molar-refractivity contribution in [3.8, 4) is 0 Å². The van der Waals surface area contributed by atoms with Gasteiger partial charge in [-0.25, -0.2) is 4.39 Å². The molecule has 2 rings (SSSR count). The number of hydrogen-bond acceptors (Lipinski definition) is 2. The first-order valence-corrected chi connectivity index (χ1v) is 8.22. The number of nitrogens with zero attached hydrogens (tertiary/aromatic N) is 1. The lowest BCUT2D eigenvalue weighted by Gasteiger charge is -2.44. The Bertz CT molecular complexity index is 470. The van der Waals surface area contributed by atoms with Crippen LogP contribution in [-0.2, 0) is 6.42 Å². The Morgan fingerprint density at radius 2 is 2.00 bits per heavy atom. The molecule has 118 valence electrons. The van der Waals surface area contributed by atoms with Crippen LogP contribution in [0.2, 0.25) is 5.02 Å². The minimum Gasteiger partial charge on any atom is -0.312 e. The van der Waals surface area contributed by atoms with Crippen LogP contribution in [0.25, 0.3) is 0 Å². The van der Waals surface area contributed by atoms with Crippen LogP contribution in [0.1, 0.15) is 38.2 Å². The van der Waals surface area contributed by atoms with E-state index in [2.05, 4.69) is 31.2 Å². The maximum absolute atomic E-state index is 14.1. The number of hydrogen-bond donors (Lipinski definition) is 1. The maximum Gasteiger partial charge on any atom is 0.126 e. The molecule has 1 N–H and O–H groups in total. The summed E-state index contributed by atoms with van der Waals surface area (Å²) in [5.41, 5.74) is 0.826. The summed E-state index contributed by atoms with van der Waals surface area (Å²) in [6.45, 7) is 3.00. The summed E-state index contributed by atoms with van der Waals surface area (Å²) < 4.78 is 14.1. The highest BCUT2D eigenvalue weighted by Gasteiger charge is 2.42. The third kappa shape index (κ3) is 3.58. The summed E-state index contributed by atoms with van der Waals surface area (Å²) >= 11 is 6.04. The van der Waals surface area contributed by atoms with Crippen LogP contribution in [0.15, 0.2) is 18.2 Å². The van der Waals surface area contributed by atoms with E-state index in [1.54, 1.807) is 12.1 Å². The molecule has 1 atom stereocenters. The average Bonchev–Trinajstić information content (AvgIpc) is 2.93. The van der Waals surface area contributed by atoms with Gasteiger partial charge in [0.25, 0.3) is 0 Å². The van der Waals surface area contributed by atoms with Gasteiger partial charge < -0.3 is 10.2 Å². The quantitative estimate of drug-likeness (QED) is 0.857. The Morgan fingerprint density at radius 1 is 1.33 bits per heavy atom. The second kappa shape index (κ2) is 7.08. The van der Waals surface area contributed by atoms with Crippen LogP contribution in [0.5, 0.6) is 0 Å². The third-order valence-electron chi connectivity index (χ3n) is 4.89. The molecule has 21 heavy (non-hydrogen) atoms. The highest BCUT2D eigenvalue weighted by Crippen LogP contribution is 2.38. The molecule has 1 aromatic rings. The molecule has 1 saturated carbocycles. The van der Waals surface area contributed by atoms with Crippen LogP contribution in [-0.4, -0.2) is 37.1 Å². The Kier molecular flexibility index (Phi) is 5.64. The molecule has 2 nitrogen and oxygen atoms in total. The predicted molar refractivity (Wildman–Crippen MR) is 87.5 cm³/mol. The van der Waals surface area contributed by atoms with E-state index in [0.717, 1.165) is 6.54 Å². The molecule has 0 bridgehead atoms. The second-order valence-electron chi connectivity index (χ2n) is 6.26. The van der Waals surface area contributed by atoms with E-state index in [1.165, 1.54) is 31.7 Å². The van der Waals surface area contributed by atoms with Gasteiger partial charge in [0.05, 0.1) is 0 Å². The first-order valence-electron chi connectivity index (χ1n) is 7.84. The fraction of sp³-hybridized carbons (Fsp3) is 0.647. The molecule has 0 aromatic heterocycles. The predicted octanol–water partition coefficient (Wildman–Crippen LogP) is 3.87. The number of benzene rings is 1. The second-order valence-corrected chi connectivity index (χ2v) is 6.69. The van der Waals surface area contributed by atoms with E-state index < -0.39 is 0 Å². The minimum absolute atomic E-state index is 0.116. The number of nitrogens with one attached hydrogen (secondary N) is 1. The maximum atomic E-state index is 14.1. The molecule has 1 fully saturated rings. The van der Waals surface area contributed by atoms with E-state index in [9.17, 15) is 4.39 Å². The van der Waals surface area contributed by atoms with E-state index in [0.29, 0.717) is 17.0 Å². The Morgan fingerprint density at radius 3 is 2.57 bits per heavy atom. The van der Waals surface area contributed by atoms with Crippen molar-refractivity contribution in [2.24, 2.45) is 0 Å². The van der Waals surface area contributed by atoms with E-state index >= 15 is 0 Å². The monoisotopic (exact) mass is 312 g/mol. The van der Waals surface area contributed by atoms with Crippen molar-refractivity contribution in [2.75, 3.05) is 20.6 Å². The first-order chi connectivity index (χ1) is 9.99. The molecule has 0 saturated heterocycles. The molecule has 4 heteroatoms. The van der Waals surface area contributed by atoms with Gasteiger partial charge in [-0.05, 0) is 63.7 Å². The topological polar surface area (TPSA) is 15.3 Å². The highest BCUT2D eigenvalue weighted by molar-refractivity contribution is 6.30. The smallest absolute Gasteiger partial charge is 0.126 e. The van der Waals surface area contributed by atoms with Crippen LogP contribution in [0.3, 0.4) is 0 Å². The highest BCUT2D eigenvalue weighted by atomic mass is 35.5. The molecular weight excluding hydrogens is 287 g/mol. The zero-order valence-corrected chi connectivity index (χ0v) is 14.0. The summed E-state index contributed by atoms with van der Waals surface area (Å²) in [6, 6.07) is 5.09. The number of likely N-dealkylation sites (N-methyl/N-ethyl adjacent to an activating group) is 2. The molecule has 0 spiro atoms. The summed E-state index contributed by atoms with van der Waals surface area (Å²) in [6.07, 6.45) is 5.51. The summed E-state index contributed by atoms with van der Waals surface area (Å²) in [7, 11) is 4.29. The van der Waals surface area contributed by atoms with Gasteiger partial charge in [0, 0.05) is 16.6 Å². The van der Waals surface area contributed by atoms with Crippen LogP contribution in [0, 0.1) is 5.82 Å². The van der Waals surface area contributed by atoms with Gasteiger partial charge in [-0.3, -0.25) is 0 Å². The van der Waals surface area contributed by atoms with Crippen molar-refractivity contribution in [1.29, 1.82) is 0 Å². The average molecular weight is 313 g/mol. The van der Waals surface area contributed by atoms with Gasteiger partial charge in [0.1, 0.15) is 5.82 Å². The van der Waals surface area contributed by atoms with E-state index in [-0.39, 0.29) is 17.4 Å². The number of rotatable bonds is 6. The van der Waals surface area contributed by atoms with Gasteiger partial charge in [-0.2, -0.15) is 0 Å². The fourth-order valence-electron chi connectivity index (χ4n) is 3.71. The molecular formula is C17H26ClFN2. The third-order valence-corrected chi connectivity index (χ3v) is 5.13. The van der Waals surface area contributed by atoms with Crippen LogP contribution in [0.4, 0.5) is 4.39 Å². The molecule has 0 heterocycles. The largest absolute Gasteiger partial charge is 0.312 e. The van der Waals surface area contributed by atoms with Gasteiger partial charge in [-0.1, -0.05) is 31.4 Å². The Labute approximate surface area is 132 Å². The molecule has 1 aliphatic carbocycles. The van der Waals surface area contributed by atoms with Gasteiger partial charge in [0.15, 0.2) is 0 Å². The van der Waals surface area contributed by atoms with Crippen LogP contribution >= 0.6 is 11.6 Å². The van der Waals surface area contributed by atoms with Crippen LogP contribution < -0.4 is 5.32 Å². The summed E-state index contributed by atoms with van der Waals surface area (Å²) in [4.78, 5) is 2.33. The lowest BCUT2D eigenvalue weighted by molar-refractivity contribution is 0.105. The van der Waals surface area contributed by atoms with Crippen molar-refractivity contribution in [1.82, 2.24) is 10.2 Å². The molecule has 1 aliphatic rings. The lowest BCUT2D eigenvalue weighted by atomic mass is 9.83. The number of halogens is 2. The first kappa shape index (κ1) is 16.7. The summed E-state index contributed by atoms with van der Waals surface area (Å²) in [5.74, 6) is -0.158. The van der Waals surface area contributed by atoms with E-state index in [4.69, 9.17) is 11.6 Å². The zero-order chi connectivity index (χ0) is 15.5. The van der Waals surface area contributed by atoms with Gasteiger partial charge in [0.2, 0.25) is 0 Å². The van der Waals surface area contributed by atoms with Crippen molar-refractivity contribution < 1.29 is 4.39 Å². The molecule has 0 aliphatic heterocycles. The molecule has 1 aromatic carbocycles. The van der Waals surface area contributed by atoms with Crippen molar-refractivity contribution in [2.45, 2.75) is 50.6 Å². The van der Waals surface area contributed by atoms with Gasteiger partial charge >= 0.3 is 0 Å². The van der Waals surface area contributed by atoms with Crippen molar-refractivity contribution in [3.05, 3.63) is 34.6 Å². The zero-order valence-electron chi connectivity index (χ0n) is 13.3. The molecule has 1 unspecified atom stereocenters. The lowest BCUT2D eigenvalue weighted by Crippen LogP contribution is -2.58. The fourth-order valence-corrected chi connectivity index (χ4v) is 3.91. The van der Waals surface area contributed by atoms with Crippen molar-refractivity contribution in [3.63, 3.8) is 0 Å². The molecule has 0 amide bonds. The Hall–Kier alpha value is -0.640.